The molecule has 0 aliphatic carbocycles. The van der Waals surface area contributed by atoms with E-state index in [0.29, 0.717) is 0 Å². The monoisotopic (exact) mass is 366 g/mol. The van der Waals surface area contributed by atoms with Crippen LogP contribution >= 0.6 is 23.2 Å². The maximum Gasteiger partial charge on any atom is 0.296 e. The molecule has 0 unspecified atom stereocenters. The van der Waals surface area contributed by atoms with Crippen LogP contribution < -0.4 is 5.32 Å². The summed E-state index contributed by atoms with van der Waals surface area (Å²) in [6, 6.07) is 3.32. The topological polar surface area (TPSA) is 88.4 Å². The van der Waals surface area contributed by atoms with Crippen molar-refractivity contribution in [2.24, 2.45) is 7.05 Å². The number of carbonyl (C=O) groups is 1. The van der Waals surface area contributed by atoms with Crippen molar-refractivity contribution in [3.8, 4) is 0 Å². The second kappa shape index (κ2) is 5.88. The van der Waals surface area contributed by atoms with Gasteiger partial charge in [0.25, 0.3) is 16.0 Å². The number of hydrogen-bond acceptors (Lipinski definition) is 3. The maximum atomic E-state index is 13.3. The zero-order valence-corrected chi connectivity index (χ0v) is 13.3. The van der Waals surface area contributed by atoms with Crippen LogP contribution in [0.1, 0.15) is 10.5 Å². The molecule has 0 bridgehead atoms. The van der Waals surface area contributed by atoms with Crippen molar-refractivity contribution in [1.29, 1.82) is 0 Å². The smallest absolute Gasteiger partial charge is 0.296 e. The first-order chi connectivity index (χ1) is 10.1. The van der Waals surface area contributed by atoms with E-state index >= 15 is 0 Å². The standard InChI is InChI=1S/C12H9Cl2FN2O4S/c1-17-5-7(22(19,20)21)4-10(17)12(18)16-6-2-8(13)11(15)9(14)3-6/h2-5H,1H3,(H,16,18)(H,19,20,21). The van der Waals surface area contributed by atoms with Crippen LogP contribution in [0, 0.1) is 5.82 Å². The Kier molecular flexibility index (Phi) is 4.48. The number of anilines is 1. The number of benzene rings is 1. The van der Waals surface area contributed by atoms with Crippen molar-refractivity contribution >= 4 is 44.9 Å². The SMILES string of the molecule is Cn1cc(S(=O)(=O)O)cc1C(=O)Nc1cc(Cl)c(F)c(Cl)c1. The third-order valence-corrected chi connectivity index (χ3v) is 4.12. The Morgan fingerprint density at radius 2 is 1.82 bits per heavy atom. The number of nitrogens with zero attached hydrogens (tertiary/aromatic N) is 1. The lowest BCUT2D eigenvalue weighted by molar-refractivity contribution is 0.101. The molecule has 0 saturated heterocycles. The minimum absolute atomic E-state index is 0.0378. The first-order valence-electron chi connectivity index (χ1n) is 5.69. The summed E-state index contributed by atoms with van der Waals surface area (Å²) < 4.78 is 45.5. The summed E-state index contributed by atoms with van der Waals surface area (Å²) in [5, 5.41) is 1.86. The number of carbonyl (C=O) groups excluding carboxylic acids is 1. The molecule has 0 aliphatic heterocycles. The zero-order chi connectivity index (χ0) is 16.7. The molecule has 0 aliphatic rings. The van der Waals surface area contributed by atoms with Crippen molar-refractivity contribution in [2.45, 2.75) is 4.90 Å². The maximum absolute atomic E-state index is 13.3. The van der Waals surface area contributed by atoms with E-state index in [1.165, 1.54) is 11.6 Å². The third-order valence-electron chi connectivity index (χ3n) is 2.75. The number of rotatable bonds is 3. The Balaban J connectivity index is 2.32. The van der Waals surface area contributed by atoms with Crippen LogP contribution in [-0.4, -0.2) is 23.4 Å². The van der Waals surface area contributed by atoms with Gasteiger partial charge < -0.3 is 9.88 Å². The molecule has 2 N–H and O–H groups in total. The first kappa shape index (κ1) is 16.8. The van der Waals surface area contributed by atoms with Crippen molar-refractivity contribution < 1.29 is 22.2 Å². The van der Waals surface area contributed by atoms with Crippen LogP contribution in [0.2, 0.25) is 10.0 Å². The molecule has 2 rings (SSSR count). The van der Waals surface area contributed by atoms with E-state index in [1.54, 1.807) is 0 Å². The molecular weight excluding hydrogens is 358 g/mol. The fourth-order valence-corrected chi connectivity index (χ4v) is 2.76. The van der Waals surface area contributed by atoms with Crippen LogP contribution in [0.4, 0.5) is 10.1 Å². The first-order valence-corrected chi connectivity index (χ1v) is 7.89. The molecule has 1 aromatic carbocycles. The van der Waals surface area contributed by atoms with Crippen LogP contribution in [0.15, 0.2) is 29.3 Å². The molecule has 0 atom stereocenters. The molecule has 0 fully saturated rings. The van der Waals surface area contributed by atoms with E-state index < -0.39 is 26.7 Å². The highest BCUT2D eigenvalue weighted by atomic mass is 35.5. The number of halogens is 3. The second-order valence-corrected chi connectivity index (χ2v) is 6.59. The Bertz CT molecular complexity index is 841. The van der Waals surface area contributed by atoms with Gasteiger partial charge in [-0.25, -0.2) is 4.39 Å². The van der Waals surface area contributed by atoms with Gasteiger partial charge in [0.1, 0.15) is 10.6 Å². The van der Waals surface area contributed by atoms with Gasteiger partial charge in [-0.05, 0) is 18.2 Å². The van der Waals surface area contributed by atoms with Gasteiger partial charge in [0.2, 0.25) is 0 Å². The number of aromatic nitrogens is 1. The van der Waals surface area contributed by atoms with Crippen LogP contribution in [0.25, 0.3) is 0 Å². The molecule has 118 valence electrons. The molecule has 1 aromatic heterocycles. The molecule has 6 nitrogen and oxygen atoms in total. The highest BCUT2D eigenvalue weighted by Crippen LogP contribution is 2.27. The number of hydrogen-bond donors (Lipinski definition) is 2. The van der Waals surface area contributed by atoms with E-state index in [4.69, 9.17) is 27.8 Å². The minimum Gasteiger partial charge on any atom is -0.345 e. The lowest BCUT2D eigenvalue weighted by Gasteiger charge is -2.07. The Morgan fingerprint density at radius 1 is 1.27 bits per heavy atom. The van der Waals surface area contributed by atoms with E-state index in [9.17, 15) is 17.6 Å². The van der Waals surface area contributed by atoms with Crippen LogP contribution in [0.5, 0.6) is 0 Å². The van der Waals surface area contributed by atoms with Gasteiger partial charge in [-0.2, -0.15) is 8.42 Å². The van der Waals surface area contributed by atoms with Gasteiger partial charge >= 0.3 is 0 Å². The van der Waals surface area contributed by atoms with Gasteiger partial charge in [-0.1, -0.05) is 23.2 Å². The Morgan fingerprint density at radius 3 is 2.27 bits per heavy atom. The van der Waals surface area contributed by atoms with Gasteiger partial charge in [-0.3, -0.25) is 9.35 Å². The van der Waals surface area contributed by atoms with Gasteiger partial charge in [-0.15, -0.1) is 0 Å². The normalized spacial score (nSPS) is 11.5. The van der Waals surface area contributed by atoms with Gasteiger partial charge in [0.15, 0.2) is 5.82 Å². The van der Waals surface area contributed by atoms with E-state index in [0.717, 1.165) is 24.4 Å². The van der Waals surface area contributed by atoms with Crippen molar-refractivity contribution in [2.75, 3.05) is 5.32 Å². The summed E-state index contributed by atoms with van der Waals surface area (Å²) in [5.41, 5.74) is 0.0974. The van der Waals surface area contributed by atoms with Gasteiger partial charge in [0, 0.05) is 18.9 Å². The lowest BCUT2D eigenvalue weighted by Crippen LogP contribution is -2.15. The number of amides is 1. The van der Waals surface area contributed by atoms with Crippen LogP contribution in [0.3, 0.4) is 0 Å². The molecular formula is C12H9Cl2FN2O4S. The molecule has 0 saturated carbocycles. The van der Waals surface area contributed by atoms with Crippen molar-refractivity contribution in [3.63, 3.8) is 0 Å². The summed E-state index contributed by atoms with van der Waals surface area (Å²) in [6.07, 6.45) is 1.08. The van der Waals surface area contributed by atoms with Crippen molar-refractivity contribution in [1.82, 2.24) is 4.57 Å². The average molecular weight is 367 g/mol. The lowest BCUT2D eigenvalue weighted by atomic mass is 10.3. The molecule has 0 radical (unpaired) electrons. The minimum atomic E-state index is -4.42. The van der Waals surface area contributed by atoms with E-state index in [1.807, 2.05) is 0 Å². The third kappa shape index (κ3) is 3.41. The molecule has 22 heavy (non-hydrogen) atoms. The summed E-state index contributed by atoms with van der Waals surface area (Å²) in [5.74, 6) is -1.50. The molecule has 1 amide bonds. The summed E-state index contributed by atoms with van der Waals surface area (Å²) in [6.45, 7) is 0. The fraction of sp³-hybridized carbons (Fsp3) is 0.0833. The Labute approximate surface area is 135 Å². The number of nitrogens with one attached hydrogen (secondary N) is 1. The predicted molar refractivity (Wildman–Crippen MR) is 79.6 cm³/mol. The fourth-order valence-electron chi connectivity index (χ4n) is 1.72. The highest BCUT2D eigenvalue weighted by molar-refractivity contribution is 7.85. The predicted octanol–water partition coefficient (Wildman–Crippen LogP) is 2.97. The second-order valence-electron chi connectivity index (χ2n) is 4.36. The molecule has 10 heteroatoms. The van der Waals surface area contributed by atoms with E-state index in [2.05, 4.69) is 5.32 Å². The highest BCUT2D eigenvalue weighted by Gasteiger charge is 2.19. The van der Waals surface area contributed by atoms with Crippen molar-refractivity contribution in [3.05, 3.63) is 46.0 Å². The number of aryl methyl sites for hydroxylation is 1. The molecule has 0 spiro atoms. The average Bonchev–Trinajstić information content (AvgIpc) is 2.78. The molecule has 1 heterocycles. The molecule has 2 aromatic rings. The largest absolute Gasteiger partial charge is 0.345 e. The van der Waals surface area contributed by atoms with Crippen LogP contribution in [-0.2, 0) is 17.2 Å². The van der Waals surface area contributed by atoms with E-state index in [-0.39, 0.29) is 21.4 Å². The van der Waals surface area contributed by atoms with Gasteiger partial charge in [0.05, 0.1) is 10.0 Å². The zero-order valence-electron chi connectivity index (χ0n) is 11.0. The summed E-state index contributed by atoms with van der Waals surface area (Å²) in [7, 11) is -3.00. The summed E-state index contributed by atoms with van der Waals surface area (Å²) in [4.78, 5) is 11.7. The summed E-state index contributed by atoms with van der Waals surface area (Å²) >= 11 is 11.2. The Hall–Kier alpha value is -1.61. The quantitative estimate of drug-likeness (QED) is 0.645.